The third-order valence-corrected chi connectivity index (χ3v) is 4.24. The van der Waals surface area contributed by atoms with Gasteiger partial charge in [-0.3, -0.25) is 4.79 Å². The maximum Gasteiger partial charge on any atom is 0.271 e. The van der Waals surface area contributed by atoms with E-state index in [2.05, 4.69) is 23.2 Å². The van der Waals surface area contributed by atoms with E-state index in [1.165, 1.54) is 7.11 Å². The first kappa shape index (κ1) is 17.8. The van der Waals surface area contributed by atoms with Crippen LogP contribution < -0.4 is 14.9 Å². The van der Waals surface area contributed by atoms with Gasteiger partial charge in [0.2, 0.25) is 0 Å². The summed E-state index contributed by atoms with van der Waals surface area (Å²) in [6.45, 7) is 8.06. The van der Waals surface area contributed by atoms with Gasteiger partial charge in [0.05, 0.1) is 19.9 Å². The number of ether oxygens (including phenoxy) is 2. The van der Waals surface area contributed by atoms with Crippen LogP contribution in [0.25, 0.3) is 0 Å². The number of allylic oxidation sites excluding steroid dienone is 3. The van der Waals surface area contributed by atoms with Gasteiger partial charge >= 0.3 is 0 Å². The first-order valence-electron chi connectivity index (χ1n) is 7.87. The highest BCUT2D eigenvalue weighted by Crippen LogP contribution is 2.28. The number of methoxy groups -OCH3 is 2. The second-order valence-corrected chi connectivity index (χ2v) is 5.94. The van der Waals surface area contributed by atoms with Crippen LogP contribution in [0.3, 0.4) is 0 Å². The van der Waals surface area contributed by atoms with Gasteiger partial charge in [0.25, 0.3) is 5.91 Å². The highest BCUT2D eigenvalue weighted by molar-refractivity contribution is 6.02. The van der Waals surface area contributed by atoms with E-state index in [0.717, 1.165) is 29.7 Å². The molecule has 1 aromatic rings. The molecule has 0 fully saturated rings. The molecule has 128 valence electrons. The van der Waals surface area contributed by atoms with Crippen molar-refractivity contribution >= 4 is 11.6 Å². The Morgan fingerprint density at radius 1 is 1.29 bits per heavy atom. The molecule has 5 nitrogen and oxygen atoms in total. The molecule has 2 rings (SSSR count). The molecule has 1 amide bonds. The summed E-state index contributed by atoms with van der Waals surface area (Å²) >= 11 is 0. The molecule has 0 radical (unpaired) electrons. The van der Waals surface area contributed by atoms with Crippen molar-refractivity contribution in [2.24, 2.45) is 11.0 Å². The standard InChI is InChI=1S/C19H24N2O3/c1-12(2)14-7-6-13(3)16(10-14)20-21-19(22)15-8-9-17(23-4)18(11-15)24-5/h6,8-9,11,14H,1,7,10H2,2-5H3,(H,21,22)/b20-16-. The van der Waals surface area contributed by atoms with E-state index in [0.29, 0.717) is 23.0 Å². The van der Waals surface area contributed by atoms with Crippen LogP contribution in [-0.4, -0.2) is 25.8 Å². The average Bonchev–Trinajstić information content (AvgIpc) is 2.59. The van der Waals surface area contributed by atoms with Gasteiger partial charge in [-0.15, -0.1) is 0 Å². The summed E-state index contributed by atoms with van der Waals surface area (Å²) in [5.41, 5.74) is 6.22. The molecule has 1 aliphatic rings. The summed E-state index contributed by atoms with van der Waals surface area (Å²) in [7, 11) is 3.09. The van der Waals surface area contributed by atoms with Crippen molar-refractivity contribution in [3.63, 3.8) is 0 Å². The Labute approximate surface area is 143 Å². The summed E-state index contributed by atoms with van der Waals surface area (Å²) in [4.78, 5) is 12.3. The van der Waals surface area contributed by atoms with Crippen LogP contribution in [0, 0.1) is 5.92 Å². The minimum atomic E-state index is -0.284. The van der Waals surface area contributed by atoms with E-state index in [1.54, 1.807) is 25.3 Å². The summed E-state index contributed by atoms with van der Waals surface area (Å²) < 4.78 is 10.4. The Bertz CT molecular complexity index is 705. The number of hydrogen-bond acceptors (Lipinski definition) is 4. The summed E-state index contributed by atoms with van der Waals surface area (Å²) in [6, 6.07) is 5.01. The van der Waals surface area contributed by atoms with Crippen LogP contribution in [0.4, 0.5) is 0 Å². The lowest BCUT2D eigenvalue weighted by Gasteiger charge is -2.22. The molecule has 0 saturated heterocycles. The highest BCUT2D eigenvalue weighted by Gasteiger charge is 2.19. The number of rotatable bonds is 5. The minimum absolute atomic E-state index is 0.284. The first-order valence-corrected chi connectivity index (χ1v) is 7.87. The van der Waals surface area contributed by atoms with E-state index in [9.17, 15) is 4.79 Å². The van der Waals surface area contributed by atoms with Crippen LogP contribution in [0.5, 0.6) is 11.5 Å². The molecular formula is C19H24N2O3. The molecule has 0 spiro atoms. The lowest BCUT2D eigenvalue weighted by Crippen LogP contribution is -2.23. The molecule has 0 saturated carbocycles. The predicted molar refractivity (Wildman–Crippen MR) is 95.7 cm³/mol. The Morgan fingerprint density at radius 2 is 2.00 bits per heavy atom. The summed E-state index contributed by atoms with van der Waals surface area (Å²) in [6.07, 6.45) is 3.91. The van der Waals surface area contributed by atoms with Gasteiger partial charge in [-0.25, -0.2) is 5.43 Å². The first-order chi connectivity index (χ1) is 11.5. The van der Waals surface area contributed by atoms with Crippen molar-refractivity contribution in [3.05, 3.63) is 47.6 Å². The molecule has 0 bridgehead atoms. The molecule has 5 heteroatoms. The Balaban J connectivity index is 2.13. The zero-order valence-electron chi connectivity index (χ0n) is 14.7. The molecule has 24 heavy (non-hydrogen) atoms. The van der Waals surface area contributed by atoms with Gasteiger partial charge in [-0.1, -0.05) is 18.2 Å². The third-order valence-electron chi connectivity index (χ3n) is 4.24. The number of benzene rings is 1. The number of amides is 1. The monoisotopic (exact) mass is 328 g/mol. The molecule has 0 heterocycles. The maximum atomic E-state index is 12.3. The lowest BCUT2D eigenvalue weighted by molar-refractivity contribution is 0.0954. The van der Waals surface area contributed by atoms with E-state index < -0.39 is 0 Å². The molecule has 0 aromatic heterocycles. The van der Waals surface area contributed by atoms with E-state index >= 15 is 0 Å². The van der Waals surface area contributed by atoms with Crippen molar-refractivity contribution < 1.29 is 14.3 Å². The normalized spacial score (nSPS) is 18.8. The van der Waals surface area contributed by atoms with Crippen LogP contribution >= 0.6 is 0 Å². The van der Waals surface area contributed by atoms with Crippen molar-refractivity contribution in [1.82, 2.24) is 5.43 Å². The zero-order chi connectivity index (χ0) is 17.7. The van der Waals surface area contributed by atoms with Gasteiger partial charge in [0.1, 0.15) is 0 Å². The Kier molecular flexibility index (Phi) is 5.79. The van der Waals surface area contributed by atoms with Crippen molar-refractivity contribution in [2.75, 3.05) is 14.2 Å². The smallest absolute Gasteiger partial charge is 0.271 e. The quantitative estimate of drug-likeness (QED) is 0.662. The second kappa shape index (κ2) is 7.81. The number of nitrogens with zero attached hydrogens (tertiary/aromatic N) is 1. The lowest BCUT2D eigenvalue weighted by atomic mass is 9.85. The molecule has 1 unspecified atom stereocenters. The van der Waals surface area contributed by atoms with Crippen molar-refractivity contribution in [3.8, 4) is 11.5 Å². The fraction of sp³-hybridized carbons (Fsp3) is 0.368. The number of hydrazone groups is 1. The minimum Gasteiger partial charge on any atom is -0.493 e. The van der Waals surface area contributed by atoms with Crippen molar-refractivity contribution in [2.45, 2.75) is 26.7 Å². The zero-order valence-corrected chi connectivity index (χ0v) is 14.7. The number of hydrogen-bond donors (Lipinski definition) is 1. The SMILES string of the molecule is C=C(C)C1CC=C(C)/C(=N\NC(=O)c2ccc(OC)c(OC)c2)C1. The topological polar surface area (TPSA) is 59.9 Å². The van der Waals surface area contributed by atoms with E-state index in [-0.39, 0.29) is 5.91 Å². The largest absolute Gasteiger partial charge is 0.493 e. The molecule has 1 atom stereocenters. The fourth-order valence-electron chi connectivity index (χ4n) is 2.58. The molecular weight excluding hydrogens is 304 g/mol. The molecule has 0 aliphatic heterocycles. The van der Waals surface area contributed by atoms with E-state index in [1.807, 2.05) is 13.8 Å². The van der Waals surface area contributed by atoms with Crippen LogP contribution in [0.1, 0.15) is 37.0 Å². The molecule has 1 N–H and O–H groups in total. The van der Waals surface area contributed by atoms with Gasteiger partial charge in [0, 0.05) is 5.56 Å². The van der Waals surface area contributed by atoms with Gasteiger partial charge < -0.3 is 9.47 Å². The van der Waals surface area contributed by atoms with Gasteiger partial charge in [0.15, 0.2) is 11.5 Å². The number of nitrogens with one attached hydrogen (secondary N) is 1. The summed E-state index contributed by atoms with van der Waals surface area (Å²) in [5.74, 6) is 1.18. The third kappa shape index (κ3) is 4.04. The average molecular weight is 328 g/mol. The van der Waals surface area contributed by atoms with Crippen LogP contribution in [0.2, 0.25) is 0 Å². The number of carbonyl (C=O) groups excluding carboxylic acids is 1. The van der Waals surface area contributed by atoms with E-state index in [4.69, 9.17) is 9.47 Å². The summed E-state index contributed by atoms with van der Waals surface area (Å²) in [5, 5.41) is 4.31. The second-order valence-electron chi connectivity index (χ2n) is 5.94. The number of carbonyl (C=O) groups is 1. The van der Waals surface area contributed by atoms with Crippen LogP contribution in [-0.2, 0) is 0 Å². The van der Waals surface area contributed by atoms with Gasteiger partial charge in [-0.2, -0.15) is 5.10 Å². The fourth-order valence-corrected chi connectivity index (χ4v) is 2.58. The highest BCUT2D eigenvalue weighted by atomic mass is 16.5. The maximum absolute atomic E-state index is 12.3. The van der Waals surface area contributed by atoms with Crippen LogP contribution in [0.15, 0.2) is 47.1 Å². The van der Waals surface area contributed by atoms with Crippen molar-refractivity contribution in [1.29, 1.82) is 0 Å². The Hall–Kier alpha value is -2.56. The van der Waals surface area contributed by atoms with Gasteiger partial charge in [-0.05, 0) is 56.4 Å². The molecule has 1 aliphatic carbocycles. The Morgan fingerprint density at radius 3 is 2.62 bits per heavy atom. The molecule has 1 aromatic carbocycles. The predicted octanol–water partition coefficient (Wildman–Crippen LogP) is 3.72.